The summed E-state index contributed by atoms with van der Waals surface area (Å²) in [6, 6.07) is 8.02. The molecule has 2 aromatic rings. The number of rotatable bonds is 6. The number of thiocarbonyl (C=S) groups is 1. The Morgan fingerprint density at radius 1 is 1.23 bits per heavy atom. The average Bonchev–Trinajstić information content (AvgIpc) is 3.30. The van der Waals surface area contributed by atoms with Gasteiger partial charge in [-0.2, -0.15) is 0 Å². The van der Waals surface area contributed by atoms with E-state index in [0.717, 1.165) is 66.2 Å². The minimum atomic E-state index is -0.0598. The van der Waals surface area contributed by atoms with Crippen LogP contribution in [0.1, 0.15) is 50.5 Å². The lowest BCUT2D eigenvalue weighted by atomic mass is 9.94. The molecule has 0 unspecified atom stereocenters. The van der Waals surface area contributed by atoms with E-state index in [1.54, 1.807) is 7.11 Å². The molecule has 1 atom stereocenters. The van der Waals surface area contributed by atoms with Gasteiger partial charge in [-0.15, -0.1) is 0 Å². The van der Waals surface area contributed by atoms with E-state index in [2.05, 4.69) is 15.2 Å². The van der Waals surface area contributed by atoms with Gasteiger partial charge in [0.05, 0.1) is 19.8 Å². The van der Waals surface area contributed by atoms with Crippen molar-refractivity contribution < 1.29 is 9.47 Å². The molecule has 1 aromatic heterocycles. The fourth-order valence-corrected chi connectivity index (χ4v) is 4.82. The summed E-state index contributed by atoms with van der Waals surface area (Å²) >= 11 is 5.80. The number of nitrogens with one attached hydrogen (secondary N) is 2. The standard InChI is InChI=1S/C23H31N3O3S/c1-28-19-9-10-21-16(13-19)12-17(22(27)25-21)15-26(18-6-3-2-4-7-18)23(30)24-14-20-8-5-11-29-20/h9-10,12-13,18,20H,2-8,11,14-15H2,1H3,(H,24,30)(H,25,27)/t20-/m0/s1. The van der Waals surface area contributed by atoms with Crippen molar-refractivity contribution in [2.75, 3.05) is 20.3 Å². The minimum absolute atomic E-state index is 0.0598. The van der Waals surface area contributed by atoms with Gasteiger partial charge in [0.1, 0.15) is 5.75 Å². The molecular weight excluding hydrogens is 398 g/mol. The molecular formula is C23H31N3O3S. The lowest BCUT2D eigenvalue weighted by Crippen LogP contribution is -2.48. The van der Waals surface area contributed by atoms with Gasteiger partial charge in [0, 0.05) is 35.7 Å². The molecule has 6 nitrogen and oxygen atoms in total. The van der Waals surface area contributed by atoms with E-state index in [9.17, 15) is 4.79 Å². The van der Waals surface area contributed by atoms with Crippen LogP contribution in [-0.4, -0.2) is 47.4 Å². The number of hydrogen-bond acceptors (Lipinski definition) is 4. The maximum Gasteiger partial charge on any atom is 0.253 e. The summed E-state index contributed by atoms with van der Waals surface area (Å²) in [4.78, 5) is 18.0. The molecule has 0 spiro atoms. The van der Waals surface area contributed by atoms with Gasteiger partial charge in [0.15, 0.2) is 5.11 Å². The highest BCUT2D eigenvalue weighted by Gasteiger charge is 2.25. The molecule has 2 N–H and O–H groups in total. The SMILES string of the molecule is COc1ccc2[nH]c(=O)c(CN(C(=S)NC[C@@H]3CCCO3)C3CCCCC3)cc2c1. The van der Waals surface area contributed by atoms with Gasteiger partial charge in [0.25, 0.3) is 5.56 Å². The molecule has 2 fully saturated rings. The fraction of sp³-hybridized carbons (Fsp3) is 0.565. The highest BCUT2D eigenvalue weighted by molar-refractivity contribution is 7.80. The monoisotopic (exact) mass is 429 g/mol. The van der Waals surface area contributed by atoms with Crippen molar-refractivity contribution in [2.24, 2.45) is 0 Å². The first-order valence-electron chi connectivity index (χ1n) is 11.0. The van der Waals surface area contributed by atoms with Crippen LogP contribution in [0, 0.1) is 0 Å². The highest BCUT2D eigenvalue weighted by atomic mass is 32.1. The Kier molecular flexibility index (Phi) is 6.89. The topological polar surface area (TPSA) is 66.6 Å². The van der Waals surface area contributed by atoms with Crippen molar-refractivity contribution in [3.05, 3.63) is 40.2 Å². The number of H-pyrrole nitrogens is 1. The van der Waals surface area contributed by atoms with Crippen LogP contribution >= 0.6 is 12.2 Å². The molecule has 1 aromatic carbocycles. The van der Waals surface area contributed by atoms with Gasteiger partial charge in [-0.25, -0.2) is 0 Å². The number of methoxy groups -OCH3 is 1. The summed E-state index contributed by atoms with van der Waals surface area (Å²) in [7, 11) is 1.65. The van der Waals surface area contributed by atoms with Crippen LogP contribution in [0.4, 0.5) is 0 Å². The molecule has 30 heavy (non-hydrogen) atoms. The molecule has 1 aliphatic heterocycles. The zero-order valence-electron chi connectivity index (χ0n) is 17.6. The van der Waals surface area contributed by atoms with Crippen LogP contribution in [-0.2, 0) is 11.3 Å². The van der Waals surface area contributed by atoms with Crippen molar-refractivity contribution in [3.8, 4) is 5.75 Å². The number of nitrogens with zero attached hydrogens (tertiary/aromatic N) is 1. The molecule has 2 heterocycles. The molecule has 4 rings (SSSR count). The van der Waals surface area contributed by atoms with Crippen LogP contribution in [0.15, 0.2) is 29.1 Å². The molecule has 0 bridgehead atoms. The van der Waals surface area contributed by atoms with Crippen molar-refractivity contribution in [3.63, 3.8) is 0 Å². The number of fused-ring (bicyclic) bond motifs is 1. The first-order chi connectivity index (χ1) is 14.6. The van der Waals surface area contributed by atoms with Gasteiger partial charge < -0.3 is 24.7 Å². The molecule has 1 aliphatic carbocycles. The van der Waals surface area contributed by atoms with E-state index in [-0.39, 0.29) is 11.7 Å². The van der Waals surface area contributed by atoms with Crippen LogP contribution in [0.25, 0.3) is 10.9 Å². The Labute approximate surface area is 182 Å². The maximum absolute atomic E-state index is 12.8. The van der Waals surface area contributed by atoms with Crippen molar-refractivity contribution in [2.45, 2.75) is 63.6 Å². The van der Waals surface area contributed by atoms with Crippen LogP contribution in [0.3, 0.4) is 0 Å². The summed E-state index contributed by atoms with van der Waals surface area (Å²) in [6.45, 7) is 2.07. The number of ether oxygens (including phenoxy) is 2. The number of hydrogen-bond donors (Lipinski definition) is 2. The zero-order valence-corrected chi connectivity index (χ0v) is 18.4. The Hall–Kier alpha value is -2.12. The number of aromatic amines is 1. The third kappa shape index (κ3) is 4.95. The highest BCUT2D eigenvalue weighted by Crippen LogP contribution is 2.25. The molecule has 0 radical (unpaired) electrons. The molecule has 1 saturated carbocycles. The van der Waals surface area contributed by atoms with Gasteiger partial charge in [0.2, 0.25) is 0 Å². The van der Waals surface area contributed by atoms with Crippen LogP contribution < -0.4 is 15.6 Å². The van der Waals surface area contributed by atoms with Crippen LogP contribution in [0.5, 0.6) is 5.75 Å². The van der Waals surface area contributed by atoms with Crippen LogP contribution in [0.2, 0.25) is 0 Å². The van der Waals surface area contributed by atoms with Gasteiger partial charge in [-0.1, -0.05) is 19.3 Å². The smallest absolute Gasteiger partial charge is 0.253 e. The van der Waals surface area contributed by atoms with Crippen molar-refractivity contribution in [1.29, 1.82) is 0 Å². The van der Waals surface area contributed by atoms with Gasteiger partial charge in [-0.05, 0) is 62.2 Å². The van der Waals surface area contributed by atoms with Crippen molar-refractivity contribution in [1.82, 2.24) is 15.2 Å². The van der Waals surface area contributed by atoms with E-state index in [4.69, 9.17) is 21.7 Å². The van der Waals surface area contributed by atoms with E-state index in [1.165, 1.54) is 19.3 Å². The minimum Gasteiger partial charge on any atom is -0.497 e. The predicted molar refractivity (Wildman–Crippen MR) is 123 cm³/mol. The zero-order chi connectivity index (χ0) is 20.9. The summed E-state index contributed by atoms with van der Waals surface area (Å²) in [6.07, 6.45) is 8.33. The number of pyridine rings is 1. The fourth-order valence-electron chi connectivity index (χ4n) is 4.53. The first-order valence-corrected chi connectivity index (χ1v) is 11.4. The Bertz CT molecular complexity index is 933. The van der Waals surface area contributed by atoms with Gasteiger partial charge in [-0.3, -0.25) is 4.79 Å². The van der Waals surface area contributed by atoms with E-state index < -0.39 is 0 Å². The second-order valence-electron chi connectivity index (χ2n) is 8.32. The number of benzene rings is 1. The van der Waals surface area contributed by atoms with Gasteiger partial charge >= 0.3 is 0 Å². The lowest BCUT2D eigenvalue weighted by Gasteiger charge is -2.36. The first kappa shape index (κ1) is 21.1. The third-order valence-electron chi connectivity index (χ3n) is 6.25. The summed E-state index contributed by atoms with van der Waals surface area (Å²) < 4.78 is 11.1. The van der Waals surface area contributed by atoms with Crippen molar-refractivity contribution >= 4 is 28.2 Å². The second kappa shape index (κ2) is 9.79. The molecule has 2 aliphatic rings. The summed E-state index contributed by atoms with van der Waals surface area (Å²) in [5.41, 5.74) is 1.48. The Balaban J connectivity index is 1.56. The van der Waals surface area contributed by atoms with E-state index >= 15 is 0 Å². The van der Waals surface area contributed by atoms with E-state index in [0.29, 0.717) is 12.6 Å². The quantitative estimate of drug-likeness (QED) is 0.682. The Morgan fingerprint density at radius 3 is 2.80 bits per heavy atom. The van der Waals surface area contributed by atoms with E-state index in [1.807, 2.05) is 24.3 Å². The normalized spacial score (nSPS) is 19.7. The molecule has 162 valence electrons. The Morgan fingerprint density at radius 2 is 2.07 bits per heavy atom. The second-order valence-corrected chi connectivity index (χ2v) is 8.70. The predicted octanol–water partition coefficient (Wildman–Crippen LogP) is 3.72. The maximum atomic E-state index is 12.8. The number of aromatic nitrogens is 1. The summed E-state index contributed by atoms with van der Waals surface area (Å²) in [5.74, 6) is 0.776. The molecule has 1 saturated heterocycles. The molecule has 0 amide bonds. The lowest BCUT2D eigenvalue weighted by molar-refractivity contribution is 0.112. The third-order valence-corrected chi connectivity index (χ3v) is 6.63. The average molecular weight is 430 g/mol. The summed E-state index contributed by atoms with van der Waals surface area (Å²) in [5, 5.41) is 5.11. The molecule has 7 heteroatoms. The largest absolute Gasteiger partial charge is 0.497 e.